The molecule has 0 atom stereocenters. The van der Waals surface area contributed by atoms with E-state index in [2.05, 4.69) is 0 Å². The number of rotatable bonds is 0. The third kappa shape index (κ3) is 33.3. The van der Waals surface area contributed by atoms with Crippen molar-refractivity contribution in [2.75, 3.05) is 0 Å². The van der Waals surface area contributed by atoms with E-state index in [0.29, 0.717) is 0 Å². The molecule has 13 heavy (non-hydrogen) atoms. The molecule has 1 saturated carbocycles. The van der Waals surface area contributed by atoms with Crippen molar-refractivity contribution in [1.82, 2.24) is 0 Å². The lowest BCUT2D eigenvalue weighted by atomic mass is 10.0. The SMILES string of the molecule is C1CCCCC1.CC(Cl)Cl.O=CO. The normalized spacial score (nSPS) is 14.8. The topological polar surface area (TPSA) is 37.3 Å². The second kappa shape index (κ2) is 14.6. The van der Waals surface area contributed by atoms with Crippen molar-refractivity contribution in [2.45, 2.75) is 50.3 Å². The second-order valence-corrected chi connectivity index (χ2v) is 4.28. The van der Waals surface area contributed by atoms with E-state index >= 15 is 0 Å². The Morgan fingerprint density at radius 2 is 1.15 bits per heavy atom. The van der Waals surface area contributed by atoms with Gasteiger partial charge in [0.2, 0.25) is 0 Å². The van der Waals surface area contributed by atoms with Gasteiger partial charge in [0.1, 0.15) is 4.84 Å². The standard InChI is InChI=1S/C6H12.C2H4Cl2.CH2O2/c1-2-4-6-5-3-1;1-2(3)4;2-1-3/h1-6H2;2H,1H3;1H,(H,2,3). The molecular formula is C9H18Cl2O2. The second-order valence-electron chi connectivity index (χ2n) is 2.75. The summed E-state index contributed by atoms with van der Waals surface area (Å²) in [6.45, 7) is 1.45. The lowest BCUT2D eigenvalue weighted by Gasteiger charge is -2.05. The molecule has 1 aliphatic carbocycles. The van der Waals surface area contributed by atoms with Gasteiger partial charge in [0.05, 0.1) is 0 Å². The third-order valence-corrected chi connectivity index (χ3v) is 1.50. The summed E-state index contributed by atoms with van der Waals surface area (Å²) in [6, 6.07) is 0. The van der Waals surface area contributed by atoms with Crippen molar-refractivity contribution in [1.29, 1.82) is 0 Å². The van der Waals surface area contributed by atoms with E-state index in [0.717, 1.165) is 0 Å². The fourth-order valence-electron chi connectivity index (χ4n) is 1.06. The first-order valence-electron chi connectivity index (χ1n) is 4.51. The van der Waals surface area contributed by atoms with Gasteiger partial charge in [-0.3, -0.25) is 4.79 Å². The molecule has 0 aliphatic heterocycles. The summed E-state index contributed by atoms with van der Waals surface area (Å²) < 4.78 is 0. The van der Waals surface area contributed by atoms with Gasteiger partial charge in [-0.15, -0.1) is 23.2 Å². The van der Waals surface area contributed by atoms with Crippen molar-refractivity contribution in [3.63, 3.8) is 0 Å². The van der Waals surface area contributed by atoms with E-state index in [4.69, 9.17) is 33.1 Å². The highest BCUT2D eigenvalue weighted by atomic mass is 35.5. The van der Waals surface area contributed by atoms with Crippen LogP contribution in [-0.4, -0.2) is 16.4 Å². The molecule has 1 N–H and O–H groups in total. The predicted octanol–water partition coefficient (Wildman–Crippen LogP) is 3.85. The molecule has 1 rings (SSSR count). The van der Waals surface area contributed by atoms with Crippen LogP contribution in [0.5, 0.6) is 0 Å². The maximum absolute atomic E-state index is 8.36. The van der Waals surface area contributed by atoms with Gasteiger partial charge in [0.25, 0.3) is 6.47 Å². The summed E-state index contributed by atoms with van der Waals surface area (Å²) >= 11 is 10.1. The first-order valence-corrected chi connectivity index (χ1v) is 5.38. The van der Waals surface area contributed by atoms with E-state index < -0.39 is 0 Å². The largest absolute Gasteiger partial charge is 0.483 e. The Hall–Kier alpha value is 0.0500. The minimum Gasteiger partial charge on any atom is -0.483 e. The first kappa shape index (κ1) is 15.5. The van der Waals surface area contributed by atoms with Crippen molar-refractivity contribution in [2.24, 2.45) is 0 Å². The molecule has 0 spiro atoms. The van der Waals surface area contributed by atoms with E-state index in [-0.39, 0.29) is 11.3 Å². The molecule has 0 aromatic rings. The van der Waals surface area contributed by atoms with Crippen LogP contribution in [0.25, 0.3) is 0 Å². The van der Waals surface area contributed by atoms with Gasteiger partial charge in [-0.1, -0.05) is 38.5 Å². The zero-order chi connectivity index (χ0) is 10.5. The molecule has 0 aromatic carbocycles. The highest BCUT2D eigenvalue weighted by molar-refractivity contribution is 6.43. The van der Waals surface area contributed by atoms with Crippen LogP contribution >= 0.6 is 23.2 Å². The van der Waals surface area contributed by atoms with E-state index in [1.165, 1.54) is 38.5 Å². The molecule has 1 aliphatic rings. The Morgan fingerprint density at radius 3 is 1.23 bits per heavy atom. The zero-order valence-electron chi connectivity index (χ0n) is 8.01. The molecular weight excluding hydrogens is 211 g/mol. The van der Waals surface area contributed by atoms with E-state index in [9.17, 15) is 0 Å². The summed E-state index contributed by atoms with van der Waals surface area (Å²) in [6.07, 6.45) is 9.00. The summed E-state index contributed by atoms with van der Waals surface area (Å²) in [5.74, 6) is 0. The van der Waals surface area contributed by atoms with E-state index in [1.54, 1.807) is 6.92 Å². The Morgan fingerprint density at radius 1 is 1.08 bits per heavy atom. The Kier molecular flexibility index (Phi) is 17.4. The van der Waals surface area contributed by atoms with Crippen LogP contribution < -0.4 is 0 Å². The van der Waals surface area contributed by atoms with Crippen molar-refractivity contribution in [3.05, 3.63) is 0 Å². The number of alkyl halides is 2. The molecule has 2 nitrogen and oxygen atoms in total. The molecule has 0 amide bonds. The maximum atomic E-state index is 8.36. The summed E-state index contributed by atoms with van der Waals surface area (Å²) in [5, 5.41) is 6.89. The lowest BCUT2D eigenvalue weighted by Crippen LogP contribution is -1.85. The fourth-order valence-corrected chi connectivity index (χ4v) is 1.06. The van der Waals surface area contributed by atoms with Crippen LogP contribution in [0, 0.1) is 0 Å². The molecule has 0 radical (unpaired) electrons. The summed E-state index contributed by atoms with van der Waals surface area (Å²) in [4.78, 5) is 8.14. The smallest absolute Gasteiger partial charge is 0.290 e. The molecule has 4 heteroatoms. The van der Waals surface area contributed by atoms with Crippen LogP contribution in [-0.2, 0) is 4.79 Å². The van der Waals surface area contributed by atoms with Gasteiger partial charge in [0.15, 0.2) is 0 Å². The fraction of sp³-hybridized carbons (Fsp3) is 0.889. The highest BCUT2D eigenvalue weighted by Gasteiger charge is 1.95. The monoisotopic (exact) mass is 228 g/mol. The highest BCUT2D eigenvalue weighted by Crippen LogP contribution is 2.15. The van der Waals surface area contributed by atoms with Crippen LogP contribution in [0.15, 0.2) is 0 Å². The Bertz CT molecular complexity index is 79.4. The average molecular weight is 229 g/mol. The minimum absolute atomic E-state index is 0.222. The zero-order valence-corrected chi connectivity index (χ0v) is 9.52. The molecule has 0 aromatic heterocycles. The van der Waals surface area contributed by atoms with Crippen LogP contribution in [0.2, 0.25) is 0 Å². The number of hydrogen-bond donors (Lipinski definition) is 1. The van der Waals surface area contributed by atoms with Crippen LogP contribution in [0.1, 0.15) is 45.4 Å². The van der Waals surface area contributed by atoms with Gasteiger partial charge >= 0.3 is 0 Å². The molecule has 0 heterocycles. The molecule has 80 valence electrons. The molecule has 0 bridgehead atoms. The van der Waals surface area contributed by atoms with Gasteiger partial charge in [-0.25, -0.2) is 0 Å². The number of hydrogen-bond acceptors (Lipinski definition) is 1. The number of carbonyl (C=O) groups is 1. The third-order valence-electron chi connectivity index (χ3n) is 1.50. The maximum Gasteiger partial charge on any atom is 0.290 e. The van der Waals surface area contributed by atoms with Crippen molar-refractivity contribution in [3.8, 4) is 0 Å². The number of carboxylic acid groups (broad SMARTS) is 1. The van der Waals surface area contributed by atoms with E-state index in [1.807, 2.05) is 0 Å². The molecule has 1 fully saturated rings. The molecule has 0 unspecified atom stereocenters. The average Bonchev–Trinajstić information content (AvgIpc) is 2.08. The summed E-state index contributed by atoms with van der Waals surface area (Å²) in [7, 11) is 0. The van der Waals surface area contributed by atoms with Crippen LogP contribution in [0.4, 0.5) is 0 Å². The molecule has 0 saturated heterocycles. The minimum atomic E-state index is -0.250. The Balaban J connectivity index is 0. The van der Waals surface area contributed by atoms with Gasteiger partial charge in [-0.2, -0.15) is 0 Å². The predicted molar refractivity (Wildman–Crippen MR) is 57.6 cm³/mol. The lowest BCUT2D eigenvalue weighted by molar-refractivity contribution is -0.122. The van der Waals surface area contributed by atoms with Gasteiger partial charge < -0.3 is 5.11 Å². The summed E-state index contributed by atoms with van der Waals surface area (Å²) in [5.41, 5.74) is 0. The van der Waals surface area contributed by atoms with Crippen molar-refractivity contribution < 1.29 is 9.90 Å². The van der Waals surface area contributed by atoms with Crippen molar-refractivity contribution >= 4 is 29.7 Å². The van der Waals surface area contributed by atoms with Crippen LogP contribution in [0.3, 0.4) is 0 Å². The quantitative estimate of drug-likeness (QED) is 0.506. The Labute approximate surface area is 90.2 Å². The number of halogens is 2. The van der Waals surface area contributed by atoms with Gasteiger partial charge in [-0.05, 0) is 6.92 Å². The first-order chi connectivity index (χ1) is 6.15. The van der Waals surface area contributed by atoms with Gasteiger partial charge in [0, 0.05) is 0 Å².